The van der Waals surface area contributed by atoms with Crippen LogP contribution in [-0.2, 0) is 9.53 Å². The maximum atomic E-state index is 10.7. The molecule has 3 rings (SSSR count). The second kappa shape index (κ2) is 7.89. The number of carboxylic acid groups (broad SMARTS) is 1. The smallest absolute Gasteiger partial charge is 0.320 e. The largest absolute Gasteiger partial charge is 0.480 e. The van der Waals surface area contributed by atoms with Crippen LogP contribution in [0.2, 0.25) is 0 Å². The van der Waals surface area contributed by atoms with Gasteiger partial charge in [-0.15, -0.1) is 0 Å². The van der Waals surface area contributed by atoms with Gasteiger partial charge in [0.1, 0.15) is 18.0 Å². The minimum atomic E-state index is -0.939. The summed E-state index contributed by atoms with van der Waals surface area (Å²) in [4.78, 5) is 19.4. The lowest BCUT2D eigenvalue weighted by Gasteiger charge is -2.17. The van der Waals surface area contributed by atoms with E-state index in [1.165, 1.54) is 0 Å². The average molecular weight is 379 g/mol. The number of rotatable bonds is 9. The lowest BCUT2D eigenvalue weighted by Crippen LogP contribution is -2.30. The number of imidazole rings is 1. The Balaban J connectivity index is 1.49. The SMILES string of the molecule is CC=Nc1c(C(C)=N)ncn1C1CC2C(CSCCC(N)C(=O)O)C2O1. The van der Waals surface area contributed by atoms with E-state index in [1.54, 1.807) is 31.2 Å². The van der Waals surface area contributed by atoms with E-state index in [9.17, 15) is 4.79 Å². The number of nitrogens with one attached hydrogen (secondary N) is 1. The first-order valence-electron chi connectivity index (χ1n) is 8.76. The van der Waals surface area contributed by atoms with E-state index >= 15 is 0 Å². The van der Waals surface area contributed by atoms with Crippen LogP contribution in [0.4, 0.5) is 5.82 Å². The Labute approximate surface area is 156 Å². The number of hydrogen-bond donors (Lipinski definition) is 3. The molecule has 0 spiro atoms. The molecule has 1 saturated heterocycles. The molecular weight excluding hydrogens is 354 g/mol. The molecule has 142 valence electrons. The molecule has 2 heterocycles. The van der Waals surface area contributed by atoms with Gasteiger partial charge >= 0.3 is 5.97 Å². The number of hydrogen-bond acceptors (Lipinski definition) is 7. The van der Waals surface area contributed by atoms with Crippen molar-refractivity contribution in [3.05, 3.63) is 12.0 Å². The van der Waals surface area contributed by atoms with Crippen molar-refractivity contribution in [2.75, 3.05) is 11.5 Å². The average Bonchev–Trinajstić information content (AvgIpc) is 2.95. The highest BCUT2D eigenvalue weighted by Crippen LogP contribution is 2.56. The van der Waals surface area contributed by atoms with Gasteiger partial charge in [0.15, 0.2) is 5.82 Å². The van der Waals surface area contributed by atoms with Gasteiger partial charge < -0.3 is 21.0 Å². The van der Waals surface area contributed by atoms with Gasteiger partial charge in [-0.25, -0.2) is 9.98 Å². The molecule has 5 atom stereocenters. The standard InChI is InChI=1S/C17H25N5O3S/c1-3-20-16-14(9(2)18)21-8-22(16)13-6-10-11(15(10)25-13)7-26-5-4-12(19)17(23)24/h3,8,10-13,15,18H,4-7,19H2,1-2H3,(H,23,24). The fourth-order valence-corrected chi connectivity index (χ4v) is 4.72. The summed E-state index contributed by atoms with van der Waals surface area (Å²) in [5, 5.41) is 16.6. The first kappa shape index (κ1) is 19.1. The normalized spacial score (nSPS) is 28.3. The van der Waals surface area contributed by atoms with Crippen molar-refractivity contribution in [1.82, 2.24) is 9.55 Å². The highest BCUT2D eigenvalue weighted by Gasteiger charge is 2.58. The number of thioether (sulfide) groups is 1. The molecule has 8 nitrogen and oxygen atoms in total. The zero-order chi connectivity index (χ0) is 18.8. The van der Waals surface area contributed by atoms with Crippen molar-refractivity contribution in [2.45, 2.75) is 45.1 Å². The minimum absolute atomic E-state index is 0.0778. The van der Waals surface area contributed by atoms with Crippen LogP contribution in [-0.4, -0.2) is 56.2 Å². The summed E-state index contributed by atoms with van der Waals surface area (Å²) >= 11 is 1.75. The zero-order valence-corrected chi connectivity index (χ0v) is 15.8. The minimum Gasteiger partial charge on any atom is -0.480 e. The van der Waals surface area contributed by atoms with Gasteiger partial charge in [-0.05, 0) is 50.0 Å². The molecular formula is C17H25N5O3S. The number of carboxylic acids is 1. The van der Waals surface area contributed by atoms with Crippen LogP contribution in [0.15, 0.2) is 11.3 Å². The highest BCUT2D eigenvalue weighted by atomic mass is 32.2. The van der Waals surface area contributed by atoms with Crippen molar-refractivity contribution in [2.24, 2.45) is 22.6 Å². The molecule has 5 unspecified atom stereocenters. The van der Waals surface area contributed by atoms with Gasteiger partial charge in [-0.2, -0.15) is 11.8 Å². The van der Waals surface area contributed by atoms with Gasteiger partial charge in [-0.1, -0.05) is 0 Å². The zero-order valence-electron chi connectivity index (χ0n) is 15.0. The number of fused-ring (bicyclic) bond motifs is 1. The number of carbonyl (C=O) groups is 1. The van der Waals surface area contributed by atoms with Crippen LogP contribution < -0.4 is 5.73 Å². The van der Waals surface area contributed by atoms with E-state index in [2.05, 4.69) is 9.98 Å². The van der Waals surface area contributed by atoms with Crippen LogP contribution >= 0.6 is 11.8 Å². The van der Waals surface area contributed by atoms with Gasteiger partial charge in [0.2, 0.25) is 0 Å². The summed E-state index contributed by atoms with van der Waals surface area (Å²) in [6, 6.07) is -0.771. The first-order chi connectivity index (χ1) is 12.4. The summed E-state index contributed by atoms with van der Waals surface area (Å²) in [6.45, 7) is 3.55. The third kappa shape index (κ3) is 3.84. The number of ether oxygens (including phenoxy) is 1. The maximum absolute atomic E-state index is 10.7. The molecule has 0 bridgehead atoms. The van der Waals surface area contributed by atoms with Gasteiger partial charge in [0.25, 0.3) is 0 Å². The predicted octanol–water partition coefficient (Wildman–Crippen LogP) is 2.06. The van der Waals surface area contributed by atoms with Gasteiger partial charge in [-0.3, -0.25) is 9.36 Å². The number of aliphatic imine (C=N–C) groups is 1. The van der Waals surface area contributed by atoms with Crippen molar-refractivity contribution < 1.29 is 14.6 Å². The number of nitrogens with zero attached hydrogens (tertiary/aromatic N) is 3. The van der Waals surface area contributed by atoms with E-state index in [-0.39, 0.29) is 12.3 Å². The van der Waals surface area contributed by atoms with Crippen molar-refractivity contribution in [1.29, 1.82) is 5.41 Å². The molecule has 2 aliphatic rings. The number of aliphatic carboxylic acids is 1. The van der Waals surface area contributed by atoms with E-state index < -0.39 is 12.0 Å². The number of aromatic nitrogens is 2. The Morgan fingerprint density at radius 2 is 2.46 bits per heavy atom. The molecule has 1 aromatic heterocycles. The Hall–Kier alpha value is -1.71. The van der Waals surface area contributed by atoms with Gasteiger partial charge in [0.05, 0.1) is 18.1 Å². The summed E-state index contributed by atoms with van der Waals surface area (Å²) in [5.74, 6) is 2.54. The fourth-order valence-electron chi connectivity index (χ4n) is 3.42. The molecule has 9 heteroatoms. The summed E-state index contributed by atoms with van der Waals surface area (Å²) < 4.78 is 8.10. The first-order valence-corrected chi connectivity index (χ1v) is 9.92. The molecule has 4 N–H and O–H groups in total. The lowest BCUT2D eigenvalue weighted by molar-refractivity contribution is -0.138. The van der Waals surface area contributed by atoms with Crippen LogP contribution in [0.25, 0.3) is 0 Å². The monoisotopic (exact) mass is 379 g/mol. The molecule has 26 heavy (non-hydrogen) atoms. The molecule has 1 aromatic rings. The molecule has 1 aliphatic heterocycles. The number of nitrogens with two attached hydrogens (primary N) is 1. The summed E-state index contributed by atoms with van der Waals surface area (Å²) in [6.07, 6.45) is 5.00. The maximum Gasteiger partial charge on any atom is 0.320 e. The topological polar surface area (TPSA) is 127 Å². The molecule has 0 aromatic carbocycles. The van der Waals surface area contributed by atoms with Crippen LogP contribution in [0.3, 0.4) is 0 Å². The van der Waals surface area contributed by atoms with E-state index in [0.29, 0.717) is 35.5 Å². The predicted molar refractivity (Wildman–Crippen MR) is 102 cm³/mol. The van der Waals surface area contributed by atoms with Crippen LogP contribution in [0.1, 0.15) is 38.6 Å². The quantitative estimate of drug-likeness (QED) is 0.445. The van der Waals surface area contributed by atoms with E-state index in [4.69, 9.17) is 21.0 Å². The molecule has 0 radical (unpaired) electrons. The Kier molecular flexibility index (Phi) is 5.79. The highest BCUT2D eigenvalue weighted by molar-refractivity contribution is 7.99. The third-order valence-electron chi connectivity index (χ3n) is 4.93. The van der Waals surface area contributed by atoms with Crippen LogP contribution in [0.5, 0.6) is 0 Å². The molecule has 2 fully saturated rings. The summed E-state index contributed by atoms with van der Waals surface area (Å²) in [5.41, 5.74) is 6.49. The Bertz CT molecular complexity index is 707. The molecule has 1 aliphatic carbocycles. The third-order valence-corrected chi connectivity index (χ3v) is 6.07. The van der Waals surface area contributed by atoms with E-state index in [1.807, 2.05) is 11.5 Å². The lowest BCUT2D eigenvalue weighted by atomic mass is 10.2. The fraction of sp³-hybridized carbons (Fsp3) is 0.647. The van der Waals surface area contributed by atoms with Crippen molar-refractivity contribution in [3.63, 3.8) is 0 Å². The Morgan fingerprint density at radius 3 is 3.04 bits per heavy atom. The second-order valence-electron chi connectivity index (χ2n) is 6.76. The van der Waals surface area contributed by atoms with E-state index in [0.717, 1.165) is 17.9 Å². The van der Waals surface area contributed by atoms with Crippen LogP contribution in [0, 0.1) is 17.2 Å². The molecule has 1 saturated carbocycles. The Morgan fingerprint density at radius 1 is 1.69 bits per heavy atom. The van der Waals surface area contributed by atoms with Crippen molar-refractivity contribution >= 4 is 35.5 Å². The van der Waals surface area contributed by atoms with Gasteiger partial charge in [0, 0.05) is 6.21 Å². The second-order valence-corrected chi connectivity index (χ2v) is 7.91. The van der Waals surface area contributed by atoms with Crippen molar-refractivity contribution in [3.8, 4) is 0 Å². The summed E-state index contributed by atoms with van der Waals surface area (Å²) in [7, 11) is 0. The molecule has 0 amide bonds.